The SMILES string of the molecule is COC(=O)C(Oc1ccc([C@@]2(c3ccc(C(=O)NC4CC4)cc3)C[C@@H]3CC[C@H]2C3)cc1)c1ccccn1. The van der Waals surface area contributed by atoms with Crippen LogP contribution in [0.25, 0.3) is 0 Å². The zero-order valence-electron chi connectivity index (χ0n) is 21.1. The molecule has 0 spiro atoms. The highest BCUT2D eigenvalue weighted by atomic mass is 16.6. The van der Waals surface area contributed by atoms with Gasteiger partial charge in [-0.3, -0.25) is 9.78 Å². The fraction of sp³-hybridized carbons (Fsp3) is 0.387. The summed E-state index contributed by atoms with van der Waals surface area (Å²) in [6.07, 6.45) is 7.74. The van der Waals surface area contributed by atoms with Crippen LogP contribution in [0.5, 0.6) is 5.75 Å². The maximum absolute atomic E-state index is 12.5. The van der Waals surface area contributed by atoms with E-state index in [2.05, 4.69) is 34.6 Å². The van der Waals surface area contributed by atoms with Gasteiger partial charge in [0.1, 0.15) is 5.75 Å². The highest BCUT2D eigenvalue weighted by molar-refractivity contribution is 5.94. The summed E-state index contributed by atoms with van der Waals surface area (Å²) in [4.78, 5) is 29.3. The summed E-state index contributed by atoms with van der Waals surface area (Å²) >= 11 is 0. The van der Waals surface area contributed by atoms with Gasteiger partial charge in [0.05, 0.1) is 12.8 Å². The first-order chi connectivity index (χ1) is 18.1. The standard InChI is InChI=1S/C31H32N2O4/c1-36-30(35)28(27-4-2-3-17-32-27)37-26-15-11-23(12-16-26)31(19-20-5-8-24(31)18-20)22-9-6-21(7-10-22)29(34)33-25-13-14-25/h2-4,6-7,9-12,15-17,20,24-25,28H,5,8,13-14,18-19H2,1H3,(H,33,34)/t20-,24+,28?,31+/m1/s1. The number of carbonyl (C=O) groups excluding carboxylic acids is 2. The molecule has 2 bridgehead atoms. The Balaban J connectivity index is 1.28. The Morgan fingerprint density at radius 2 is 1.68 bits per heavy atom. The first-order valence-electron chi connectivity index (χ1n) is 13.2. The molecule has 3 aromatic rings. The van der Waals surface area contributed by atoms with Crippen LogP contribution in [0.2, 0.25) is 0 Å². The van der Waals surface area contributed by atoms with Crippen LogP contribution in [-0.2, 0) is 14.9 Å². The van der Waals surface area contributed by atoms with Crippen LogP contribution in [-0.4, -0.2) is 30.0 Å². The van der Waals surface area contributed by atoms with E-state index in [1.165, 1.54) is 37.5 Å². The second-order valence-electron chi connectivity index (χ2n) is 10.7. The summed E-state index contributed by atoms with van der Waals surface area (Å²) < 4.78 is 11.0. The molecule has 1 aromatic heterocycles. The molecule has 1 N–H and O–H groups in total. The molecule has 0 saturated heterocycles. The molecule has 0 aliphatic heterocycles. The van der Waals surface area contributed by atoms with Crippen LogP contribution >= 0.6 is 0 Å². The van der Waals surface area contributed by atoms with E-state index >= 15 is 0 Å². The maximum atomic E-state index is 12.5. The van der Waals surface area contributed by atoms with E-state index in [9.17, 15) is 9.59 Å². The van der Waals surface area contributed by atoms with Gasteiger partial charge in [0, 0.05) is 23.2 Å². The number of carbonyl (C=O) groups is 2. The summed E-state index contributed by atoms with van der Waals surface area (Å²) in [6, 6.07) is 22.2. The Morgan fingerprint density at radius 1 is 0.946 bits per heavy atom. The highest BCUT2D eigenvalue weighted by Gasteiger charge is 2.52. The number of nitrogens with one attached hydrogen (secondary N) is 1. The summed E-state index contributed by atoms with van der Waals surface area (Å²) in [5.41, 5.74) is 3.69. The number of amides is 1. The molecular weight excluding hydrogens is 464 g/mol. The summed E-state index contributed by atoms with van der Waals surface area (Å²) in [6.45, 7) is 0. The number of ether oxygens (including phenoxy) is 2. The molecule has 2 aromatic carbocycles. The lowest BCUT2D eigenvalue weighted by molar-refractivity contribution is -0.149. The zero-order chi connectivity index (χ0) is 25.4. The molecule has 1 unspecified atom stereocenters. The number of pyridine rings is 1. The molecule has 1 amide bonds. The van der Waals surface area contributed by atoms with Crippen molar-refractivity contribution in [1.29, 1.82) is 0 Å². The quantitative estimate of drug-likeness (QED) is 0.424. The van der Waals surface area contributed by atoms with E-state index < -0.39 is 12.1 Å². The first-order valence-corrected chi connectivity index (χ1v) is 13.2. The van der Waals surface area contributed by atoms with Crippen molar-refractivity contribution in [1.82, 2.24) is 10.3 Å². The van der Waals surface area contributed by atoms with Gasteiger partial charge in [-0.05, 0) is 91.5 Å². The topological polar surface area (TPSA) is 77.5 Å². The number of hydrogen-bond acceptors (Lipinski definition) is 5. The number of benzene rings is 2. The first kappa shape index (κ1) is 23.7. The minimum Gasteiger partial charge on any atom is -0.472 e. The Morgan fingerprint density at radius 3 is 2.24 bits per heavy atom. The fourth-order valence-electron chi connectivity index (χ4n) is 6.45. The largest absolute Gasteiger partial charge is 0.472 e. The van der Waals surface area contributed by atoms with Crippen molar-refractivity contribution in [2.45, 2.75) is 56.1 Å². The number of aromatic nitrogens is 1. The summed E-state index contributed by atoms with van der Waals surface area (Å²) in [7, 11) is 1.35. The fourth-order valence-corrected chi connectivity index (χ4v) is 6.45. The van der Waals surface area contributed by atoms with Gasteiger partial charge in [-0.25, -0.2) is 4.79 Å². The lowest BCUT2D eigenvalue weighted by atomic mass is 9.64. The zero-order valence-corrected chi connectivity index (χ0v) is 21.1. The van der Waals surface area contributed by atoms with Crippen molar-refractivity contribution in [2.75, 3.05) is 7.11 Å². The predicted molar refractivity (Wildman–Crippen MR) is 139 cm³/mol. The Bertz CT molecular complexity index is 1270. The normalized spacial score (nSPS) is 24.9. The summed E-state index contributed by atoms with van der Waals surface area (Å²) in [5.74, 6) is 1.43. The van der Waals surface area contributed by atoms with Crippen molar-refractivity contribution >= 4 is 11.9 Å². The number of hydrogen-bond donors (Lipinski definition) is 1. The van der Waals surface area contributed by atoms with Crippen LogP contribution in [0, 0.1) is 11.8 Å². The summed E-state index contributed by atoms with van der Waals surface area (Å²) in [5, 5.41) is 3.08. The van der Waals surface area contributed by atoms with Crippen molar-refractivity contribution < 1.29 is 19.1 Å². The molecule has 6 nitrogen and oxygen atoms in total. The average molecular weight is 497 g/mol. The van der Waals surface area contributed by atoms with E-state index in [0.717, 1.165) is 30.7 Å². The molecule has 3 aliphatic rings. The second-order valence-corrected chi connectivity index (χ2v) is 10.7. The number of esters is 1. The van der Waals surface area contributed by atoms with Gasteiger partial charge in [-0.1, -0.05) is 36.8 Å². The van der Waals surface area contributed by atoms with Gasteiger partial charge in [0.2, 0.25) is 6.10 Å². The van der Waals surface area contributed by atoms with Crippen molar-refractivity contribution in [3.63, 3.8) is 0 Å². The molecule has 3 fully saturated rings. The van der Waals surface area contributed by atoms with Crippen LogP contribution < -0.4 is 10.1 Å². The van der Waals surface area contributed by atoms with Gasteiger partial charge in [0.15, 0.2) is 0 Å². The van der Waals surface area contributed by atoms with Gasteiger partial charge in [0.25, 0.3) is 5.91 Å². The number of nitrogens with zero attached hydrogens (tertiary/aromatic N) is 1. The van der Waals surface area contributed by atoms with Gasteiger partial charge < -0.3 is 14.8 Å². The van der Waals surface area contributed by atoms with Gasteiger partial charge >= 0.3 is 5.97 Å². The Hall–Kier alpha value is -3.67. The van der Waals surface area contributed by atoms with E-state index in [0.29, 0.717) is 23.4 Å². The highest BCUT2D eigenvalue weighted by Crippen LogP contribution is 2.60. The third kappa shape index (κ3) is 4.50. The monoisotopic (exact) mass is 496 g/mol. The molecule has 3 saturated carbocycles. The van der Waals surface area contributed by atoms with Gasteiger partial charge in [-0.15, -0.1) is 0 Å². The Labute approximate surface area is 217 Å². The minimum atomic E-state index is -0.928. The molecule has 6 heteroatoms. The molecule has 1 heterocycles. The van der Waals surface area contributed by atoms with Crippen molar-refractivity contribution in [3.8, 4) is 5.75 Å². The van der Waals surface area contributed by atoms with E-state index in [4.69, 9.17) is 9.47 Å². The average Bonchev–Trinajstić information content (AvgIpc) is 3.52. The smallest absolute Gasteiger partial charge is 0.353 e. The van der Waals surface area contributed by atoms with E-state index in [-0.39, 0.29) is 11.3 Å². The number of rotatable bonds is 8. The third-order valence-electron chi connectivity index (χ3n) is 8.42. The number of methoxy groups -OCH3 is 1. The molecule has 3 aliphatic carbocycles. The van der Waals surface area contributed by atoms with Crippen LogP contribution in [0.3, 0.4) is 0 Å². The predicted octanol–water partition coefficient (Wildman–Crippen LogP) is 5.37. The molecule has 37 heavy (non-hydrogen) atoms. The van der Waals surface area contributed by atoms with E-state index in [1.54, 1.807) is 18.3 Å². The lowest BCUT2D eigenvalue weighted by Crippen LogP contribution is -2.34. The maximum Gasteiger partial charge on any atom is 0.353 e. The van der Waals surface area contributed by atoms with Crippen LogP contribution in [0.4, 0.5) is 0 Å². The third-order valence-corrected chi connectivity index (χ3v) is 8.42. The molecule has 6 rings (SSSR count). The lowest BCUT2D eigenvalue weighted by Gasteiger charge is -2.39. The molecule has 190 valence electrons. The molecule has 0 radical (unpaired) electrons. The van der Waals surface area contributed by atoms with Crippen LogP contribution in [0.15, 0.2) is 72.9 Å². The second kappa shape index (κ2) is 9.66. The van der Waals surface area contributed by atoms with Crippen molar-refractivity contribution in [3.05, 3.63) is 95.3 Å². The van der Waals surface area contributed by atoms with Gasteiger partial charge in [-0.2, -0.15) is 0 Å². The molecule has 4 atom stereocenters. The van der Waals surface area contributed by atoms with Crippen LogP contribution in [0.1, 0.15) is 71.8 Å². The Kier molecular flexibility index (Phi) is 6.19. The van der Waals surface area contributed by atoms with E-state index in [1.807, 2.05) is 30.3 Å². The molecular formula is C31H32N2O4. The number of fused-ring (bicyclic) bond motifs is 2. The van der Waals surface area contributed by atoms with Crippen molar-refractivity contribution in [2.24, 2.45) is 11.8 Å². The minimum absolute atomic E-state index is 0.0191.